The van der Waals surface area contributed by atoms with Gasteiger partial charge in [-0.2, -0.15) is 0 Å². The van der Waals surface area contributed by atoms with E-state index < -0.39 is 29.0 Å². The second-order valence-electron chi connectivity index (χ2n) is 9.49. The lowest BCUT2D eigenvalue weighted by Crippen LogP contribution is -2.70. The lowest BCUT2D eigenvalue weighted by atomic mass is 9.67. The quantitative estimate of drug-likeness (QED) is 0.598. The van der Waals surface area contributed by atoms with E-state index in [9.17, 15) is 22.8 Å². The highest BCUT2D eigenvalue weighted by Gasteiger charge is 2.58. The van der Waals surface area contributed by atoms with Crippen molar-refractivity contribution in [1.82, 2.24) is 10.2 Å². The Labute approximate surface area is 201 Å². The average Bonchev–Trinajstić information content (AvgIpc) is 2.73. The number of carbonyl (C=O) groups excluding carboxylic acids is 2. The van der Waals surface area contributed by atoms with E-state index >= 15 is 0 Å². The summed E-state index contributed by atoms with van der Waals surface area (Å²) in [5.41, 5.74) is 0.790. The van der Waals surface area contributed by atoms with Crippen molar-refractivity contribution in [3.8, 4) is 0 Å². The fourth-order valence-corrected chi connectivity index (χ4v) is 5.04. The molecule has 2 aliphatic rings. The van der Waals surface area contributed by atoms with Crippen molar-refractivity contribution in [3.05, 3.63) is 63.9 Å². The van der Waals surface area contributed by atoms with Gasteiger partial charge in [-0.1, -0.05) is 49.7 Å². The average molecular weight is 494 g/mol. The highest BCUT2D eigenvalue weighted by Crippen LogP contribution is 2.47. The van der Waals surface area contributed by atoms with Crippen LogP contribution >= 0.6 is 11.6 Å². The number of anilines is 1. The fourth-order valence-electron chi connectivity index (χ4n) is 4.88. The van der Waals surface area contributed by atoms with Crippen molar-refractivity contribution < 1.29 is 22.8 Å². The van der Waals surface area contributed by atoms with Gasteiger partial charge < -0.3 is 10.6 Å². The minimum absolute atomic E-state index is 0.00119. The molecule has 0 aromatic heterocycles. The molecule has 0 atom stereocenters. The molecule has 0 radical (unpaired) electrons. The van der Waals surface area contributed by atoms with Crippen molar-refractivity contribution >= 4 is 29.1 Å². The summed E-state index contributed by atoms with van der Waals surface area (Å²) in [6, 6.07) is 9.48. The van der Waals surface area contributed by atoms with Gasteiger partial charge in [0.25, 0.3) is 11.8 Å². The zero-order valence-electron chi connectivity index (χ0n) is 19.2. The third kappa shape index (κ3) is 4.29. The molecule has 1 aliphatic heterocycles. The topological polar surface area (TPSA) is 61.4 Å². The molecular weight excluding hydrogens is 467 g/mol. The van der Waals surface area contributed by atoms with E-state index in [1.54, 1.807) is 0 Å². The van der Waals surface area contributed by atoms with Gasteiger partial charge in [0.1, 0.15) is 5.82 Å². The lowest BCUT2D eigenvalue weighted by Gasteiger charge is -2.56. The molecule has 2 aromatic rings. The molecule has 0 bridgehead atoms. The summed E-state index contributed by atoms with van der Waals surface area (Å²) in [4.78, 5) is 28.0. The number of hydrogen-bond acceptors (Lipinski definition) is 3. The summed E-state index contributed by atoms with van der Waals surface area (Å²) >= 11 is 5.87. The number of carbonyl (C=O) groups is 2. The molecule has 9 heteroatoms. The Bertz CT molecular complexity index is 1120. The Morgan fingerprint density at radius 2 is 1.79 bits per heavy atom. The minimum atomic E-state index is -2.66. The van der Waals surface area contributed by atoms with Gasteiger partial charge in [0.05, 0.1) is 21.7 Å². The Morgan fingerprint density at radius 3 is 2.38 bits per heavy atom. The SMILES string of the molecule is CNC(=O)c1cc(Cl)c(F)cc1NC(=O)C1(c2ccccc2C(C)C)CN(C2CC(F)(F)C2)C1. The maximum Gasteiger partial charge on any atom is 0.253 e. The van der Waals surface area contributed by atoms with E-state index in [1.165, 1.54) is 13.1 Å². The first-order valence-electron chi connectivity index (χ1n) is 11.2. The van der Waals surface area contributed by atoms with E-state index in [2.05, 4.69) is 10.6 Å². The predicted octanol–water partition coefficient (Wildman–Crippen LogP) is 4.95. The summed E-state index contributed by atoms with van der Waals surface area (Å²) in [5.74, 6) is -4.26. The van der Waals surface area contributed by atoms with Gasteiger partial charge >= 0.3 is 0 Å². The number of likely N-dealkylation sites (tertiary alicyclic amines) is 1. The van der Waals surface area contributed by atoms with Crippen LogP contribution < -0.4 is 10.6 Å². The molecule has 5 nitrogen and oxygen atoms in total. The van der Waals surface area contributed by atoms with Crippen molar-refractivity contribution in [2.45, 2.75) is 50.0 Å². The summed E-state index contributed by atoms with van der Waals surface area (Å²) in [6.07, 6.45) is -0.445. The monoisotopic (exact) mass is 493 g/mol. The second kappa shape index (κ2) is 8.89. The van der Waals surface area contributed by atoms with E-state index in [1.807, 2.05) is 43.0 Å². The molecule has 2 fully saturated rings. The Hall–Kier alpha value is -2.58. The molecule has 182 valence electrons. The zero-order valence-corrected chi connectivity index (χ0v) is 20.0. The number of alkyl halides is 2. The first-order chi connectivity index (χ1) is 16.0. The molecule has 1 saturated carbocycles. The molecule has 2 amide bonds. The van der Waals surface area contributed by atoms with E-state index in [4.69, 9.17) is 11.6 Å². The fraction of sp³-hybridized carbons (Fsp3) is 0.440. The predicted molar refractivity (Wildman–Crippen MR) is 125 cm³/mol. The summed E-state index contributed by atoms with van der Waals surface area (Å²) in [7, 11) is 1.42. The molecule has 1 saturated heterocycles. The van der Waals surface area contributed by atoms with E-state index in [0.717, 1.165) is 17.2 Å². The number of hydrogen-bond donors (Lipinski definition) is 2. The molecule has 0 unspecified atom stereocenters. The summed E-state index contributed by atoms with van der Waals surface area (Å²) < 4.78 is 41.2. The van der Waals surface area contributed by atoms with Gasteiger partial charge in [0.2, 0.25) is 5.91 Å². The molecule has 34 heavy (non-hydrogen) atoms. The van der Waals surface area contributed by atoms with Crippen LogP contribution in [0.3, 0.4) is 0 Å². The molecule has 2 aromatic carbocycles. The molecule has 0 spiro atoms. The first-order valence-corrected chi connectivity index (χ1v) is 11.6. The highest BCUT2D eigenvalue weighted by atomic mass is 35.5. The van der Waals surface area contributed by atoms with Crippen LogP contribution in [0.5, 0.6) is 0 Å². The van der Waals surface area contributed by atoms with Crippen molar-refractivity contribution in [3.63, 3.8) is 0 Å². The summed E-state index contributed by atoms with van der Waals surface area (Å²) in [6.45, 7) is 4.56. The van der Waals surface area contributed by atoms with Crippen LogP contribution in [0.4, 0.5) is 18.9 Å². The van der Waals surface area contributed by atoms with Gasteiger partial charge in [-0.15, -0.1) is 0 Å². The molecule has 1 aliphatic carbocycles. The largest absolute Gasteiger partial charge is 0.355 e. The Kier molecular flexibility index (Phi) is 6.42. The van der Waals surface area contributed by atoms with Crippen LogP contribution in [0.1, 0.15) is 54.1 Å². The highest BCUT2D eigenvalue weighted by molar-refractivity contribution is 6.31. The molecule has 4 rings (SSSR count). The van der Waals surface area contributed by atoms with Crippen LogP contribution in [0, 0.1) is 5.82 Å². The van der Waals surface area contributed by atoms with Crippen LogP contribution in [-0.4, -0.2) is 48.8 Å². The van der Waals surface area contributed by atoms with Crippen LogP contribution in [-0.2, 0) is 10.2 Å². The number of rotatable bonds is 6. The van der Waals surface area contributed by atoms with Crippen molar-refractivity contribution in [2.75, 3.05) is 25.5 Å². The number of nitrogens with one attached hydrogen (secondary N) is 2. The maximum atomic E-state index is 14.3. The van der Waals surface area contributed by atoms with Gasteiger partial charge in [-0.3, -0.25) is 14.5 Å². The molecular formula is C25H27ClF3N3O2. The van der Waals surface area contributed by atoms with E-state index in [-0.39, 0.29) is 54.2 Å². The Morgan fingerprint density at radius 1 is 1.15 bits per heavy atom. The van der Waals surface area contributed by atoms with Crippen LogP contribution in [0.2, 0.25) is 5.02 Å². The smallest absolute Gasteiger partial charge is 0.253 e. The van der Waals surface area contributed by atoms with Gasteiger partial charge in [-0.05, 0) is 29.2 Å². The van der Waals surface area contributed by atoms with Gasteiger partial charge in [-0.25, -0.2) is 13.2 Å². The third-order valence-electron chi connectivity index (χ3n) is 6.84. The second-order valence-corrected chi connectivity index (χ2v) is 9.90. The first kappa shape index (κ1) is 24.5. The number of nitrogens with zero attached hydrogens (tertiary/aromatic N) is 1. The van der Waals surface area contributed by atoms with Crippen molar-refractivity contribution in [2.24, 2.45) is 0 Å². The van der Waals surface area contributed by atoms with Crippen LogP contribution in [0.15, 0.2) is 36.4 Å². The van der Waals surface area contributed by atoms with E-state index in [0.29, 0.717) is 0 Å². The van der Waals surface area contributed by atoms with Gasteiger partial charge in [0.15, 0.2) is 0 Å². The number of halogens is 4. The number of amides is 2. The molecule has 2 N–H and O–H groups in total. The Balaban J connectivity index is 1.70. The maximum absolute atomic E-state index is 14.3. The minimum Gasteiger partial charge on any atom is -0.355 e. The zero-order chi connectivity index (χ0) is 24.8. The number of benzene rings is 2. The van der Waals surface area contributed by atoms with Crippen LogP contribution in [0.25, 0.3) is 0 Å². The third-order valence-corrected chi connectivity index (χ3v) is 7.13. The van der Waals surface area contributed by atoms with Crippen molar-refractivity contribution in [1.29, 1.82) is 0 Å². The standard InChI is InChI=1S/C25H27ClF3N3O2/c1-14(2)16-6-4-5-7-18(16)24(12-32(13-24)15-10-25(28,29)11-15)23(34)31-21-9-20(27)19(26)8-17(21)22(33)30-3/h4-9,14-15H,10-13H2,1-3H3,(H,30,33)(H,31,34). The molecule has 1 heterocycles. The van der Waals surface area contributed by atoms with Gasteiger partial charge in [0, 0.05) is 39.0 Å². The normalized spacial score (nSPS) is 19.3. The summed E-state index contributed by atoms with van der Waals surface area (Å²) in [5, 5.41) is 4.96. The lowest BCUT2D eigenvalue weighted by molar-refractivity contribution is -0.156.